The molecule has 2 aromatic heterocycles. The summed E-state index contributed by atoms with van der Waals surface area (Å²) in [5.74, 6) is 0.903. The molecule has 22 heavy (non-hydrogen) atoms. The van der Waals surface area contributed by atoms with E-state index in [-0.39, 0.29) is 5.91 Å². The van der Waals surface area contributed by atoms with Gasteiger partial charge in [0.15, 0.2) is 0 Å². The van der Waals surface area contributed by atoms with Crippen molar-refractivity contribution in [1.82, 2.24) is 15.5 Å². The molecule has 3 rings (SSSR count). The van der Waals surface area contributed by atoms with E-state index in [0.717, 1.165) is 5.56 Å². The number of amides is 1. The number of benzene rings is 1. The van der Waals surface area contributed by atoms with Gasteiger partial charge in [0.1, 0.15) is 0 Å². The molecule has 1 N–H and O–H groups in total. The Balaban J connectivity index is 1.56. The van der Waals surface area contributed by atoms with E-state index in [0.29, 0.717) is 34.6 Å². The third-order valence-electron chi connectivity index (χ3n) is 2.94. The van der Waals surface area contributed by atoms with Gasteiger partial charge in [-0.15, -0.1) is 11.3 Å². The summed E-state index contributed by atoms with van der Waals surface area (Å²) in [4.78, 5) is 16.8. The van der Waals surface area contributed by atoms with E-state index in [1.807, 2.05) is 23.6 Å². The van der Waals surface area contributed by atoms with Crippen molar-refractivity contribution >= 4 is 28.8 Å². The molecule has 0 aliphatic heterocycles. The van der Waals surface area contributed by atoms with Crippen LogP contribution in [0.15, 0.2) is 46.3 Å². The molecule has 5 nitrogen and oxygen atoms in total. The molecule has 1 aromatic carbocycles. The second-order valence-electron chi connectivity index (χ2n) is 4.50. The minimum Gasteiger partial charge on any atom is -0.351 e. The molecule has 0 spiro atoms. The van der Waals surface area contributed by atoms with Crippen molar-refractivity contribution in [3.63, 3.8) is 0 Å². The molecule has 0 fully saturated rings. The summed E-state index contributed by atoms with van der Waals surface area (Å²) in [6.07, 6.45) is 0.484. The van der Waals surface area contributed by atoms with Crippen molar-refractivity contribution in [2.24, 2.45) is 0 Å². The van der Waals surface area contributed by atoms with Crippen LogP contribution in [0.4, 0.5) is 0 Å². The molecule has 0 atom stereocenters. The summed E-state index contributed by atoms with van der Waals surface area (Å²) in [6.45, 7) is 0.443. The SMILES string of the molecule is O=C(NCCc1nc(-c2ccc(Cl)cc2)no1)c1cccs1. The monoisotopic (exact) mass is 333 g/mol. The van der Waals surface area contributed by atoms with Crippen LogP contribution >= 0.6 is 22.9 Å². The van der Waals surface area contributed by atoms with Gasteiger partial charge in [-0.2, -0.15) is 4.98 Å². The topological polar surface area (TPSA) is 68.0 Å². The number of aromatic nitrogens is 2. The van der Waals surface area contributed by atoms with Crippen LogP contribution in [0.2, 0.25) is 5.02 Å². The van der Waals surface area contributed by atoms with E-state index in [4.69, 9.17) is 16.1 Å². The minimum absolute atomic E-state index is 0.0903. The third-order valence-corrected chi connectivity index (χ3v) is 4.06. The molecule has 0 saturated carbocycles. The van der Waals surface area contributed by atoms with Crippen molar-refractivity contribution in [1.29, 1.82) is 0 Å². The number of halogens is 1. The smallest absolute Gasteiger partial charge is 0.261 e. The summed E-state index contributed by atoms with van der Waals surface area (Å²) in [5.41, 5.74) is 0.835. The van der Waals surface area contributed by atoms with Crippen molar-refractivity contribution in [2.75, 3.05) is 6.54 Å². The van der Waals surface area contributed by atoms with Crippen LogP contribution in [0, 0.1) is 0 Å². The number of hydrogen-bond acceptors (Lipinski definition) is 5. The Kier molecular flexibility index (Phi) is 4.50. The fourth-order valence-corrected chi connectivity index (χ4v) is 2.62. The van der Waals surface area contributed by atoms with E-state index in [2.05, 4.69) is 15.5 Å². The van der Waals surface area contributed by atoms with Crippen LogP contribution in [0.1, 0.15) is 15.6 Å². The maximum absolute atomic E-state index is 11.8. The Morgan fingerprint density at radius 2 is 2.09 bits per heavy atom. The van der Waals surface area contributed by atoms with Crippen LogP contribution in [-0.4, -0.2) is 22.6 Å². The quantitative estimate of drug-likeness (QED) is 0.776. The lowest BCUT2D eigenvalue weighted by Crippen LogP contribution is -2.24. The summed E-state index contributed by atoms with van der Waals surface area (Å²) in [5, 5.41) is 9.26. The van der Waals surface area contributed by atoms with Gasteiger partial charge in [0.05, 0.1) is 4.88 Å². The zero-order chi connectivity index (χ0) is 15.4. The predicted molar refractivity (Wildman–Crippen MR) is 85.1 cm³/mol. The predicted octanol–water partition coefficient (Wildman–Crippen LogP) is 3.42. The lowest BCUT2D eigenvalue weighted by molar-refractivity contribution is 0.0957. The highest BCUT2D eigenvalue weighted by molar-refractivity contribution is 7.12. The lowest BCUT2D eigenvalue weighted by atomic mass is 10.2. The lowest BCUT2D eigenvalue weighted by Gasteiger charge is -2.00. The van der Waals surface area contributed by atoms with Gasteiger partial charge >= 0.3 is 0 Å². The first-order chi connectivity index (χ1) is 10.7. The van der Waals surface area contributed by atoms with E-state index in [1.54, 1.807) is 18.2 Å². The molecule has 0 unspecified atom stereocenters. The molecule has 0 aliphatic rings. The van der Waals surface area contributed by atoms with Crippen LogP contribution in [0.25, 0.3) is 11.4 Å². The third kappa shape index (κ3) is 3.52. The molecule has 0 saturated heterocycles. The zero-order valence-electron chi connectivity index (χ0n) is 11.5. The number of carbonyl (C=O) groups is 1. The highest BCUT2D eigenvalue weighted by Gasteiger charge is 2.10. The van der Waals surface area contributed by atoms with Crippen molar-refractivity contribution in [2.45, 2.75) is 6.42 Å². The second kappa shape index (κ2) is 6.72. The van der Waals surface area contributed by atoms with Gasteiger partial charge in [-0.1, -0.05) is 22.8 Å². The highest BCUT2D eigenvalue weighted by Crippen LogP contribution is 2.18. The van der Waals surface area contributed by atoms with Gasteiger partial charge in [0.2, 0.25) is 11.7 Å². The molecule has 0 radical (unpaired) electrons. The summed E-state index contributed by atoms with van der Waals surface area (Å²) in [6, 6.07) is 10.8. The molecule has 2 heterocycles. The highest BCUT2D eigenvalue weighted by atomic mass is 35.5. The molecule has 7 heteroatoms. The van der Waals surface area contributed by atoms with E-state index in [9.17, 15) is 4.79 Å². The maximum Gasteiger partial charge on any atom is 0.261 e. The van der Waals surface area contributed by atoms with Crippen LogP contribution in [0.3, 0.4) is 0 Å². The molecular formula is C15H12ClN3O2S. The molecule has 3 aromatic rings. The second-order valence-corrected chi connectivity index (χ2v) is 5.89. The average molecular weight is 334 g/mol. The molecule has 0 aliphatic carbocycles. The van der Waals surface area contributed by atoms with Gasteiger partial charge in [-0.3, -0.25) is 4.79 Å². The average Bonchev–Trinajstić information content (AvgIpc) is 3.19. The summed E-state index contributed by atoms with van der Waals surface area (Å²) < 4.78 is 5.18. The Morgan fingerprint density at radius 1 is 1.27 bits per heavy atom. The molecule has 112 valence electrons. The number of nitrogens with zero attached hydrogens (tertiary/aromatic N) is 2. The first-order valence-electron chi connectivity index (χ1n) is 6.62. The largest absolute Gasteiger partial charge is 0.351 e. The minimum atomic E-state index is -0.0903. The van der Waals surface area contributed by atoms with Crippen molar-refractivity contribution < 1.29 is 9.32 Å². The Hall–Kier alpha value is -2.18. The van der Waals surface area contributed by atoms with Gasteiger partial charge in [0, 0.05) is 23.6 Å². The van der Waals surface area contributed by atoms with Gasteiger partial charge in [0.25, 0.3) is 5.91 Å². The maximum atomic E-state index is 11.8. The van der Waals surface area contributed by atoms with E-state index >= 15 is 0 Å². The standard InChI is InChI=1S/C15H12ClN3O2S/c16-11-5-3-10(4-6-11)14-18-13(21-19-14)7-8-17-15(20)12-2-1-9-22-12/h1-6,9H,7-8H2,(H,17,20). The Labute approximate surface area is 135 Å². The number of carbonyl (C=O) groups excluding carboxylic acids is 1. The van der Waals surface area contributed by atoms with Crippen LogP contribution < -0.4 is 5.32 Å². The fraction of sp³-hybridized carbons (Fsp3) is 0.133. The number of nitrogens with one attached hydrogen (secondary N) is 1. The number of thiophene rings is 1. The van der Waals surface area contributed by atoms with Gasteiger partial charge in [-0.05, 0) is 35.7 Å². The molecule has 1 amide bonds. The van der Waals surface area contributed by atoms with Crippen molar-refractivity contribution in [3.8, 4) is 11.4 Å². The Morgan fingerprint density at radius 3 is 2.82 bits per heavy atom. The normalized spacial score (nSPS) is 10.6. The van der Waals surface area contributed by atoms with Crippen LogP contribution in [-0.2, 0) is 6.42 Å². The fourth-order valence-electron chi connectivity index (χ4n) is 1.85. The summed E-state index contributed by atoms with van der Waals surface area (Å²) in [7, 11) is 0. The van der Waals surface area contributed by atoms with Crippen molar-refractivity contribution in [3.05, 3.63) is 57.6 Å². The van der Waals surface area contributed by atoms with E-state index < -0.39 is 0 Å². The molecular weight excluding hydrogens is 322 g/mol. The molecule has 0 bridgehead atoms. The van der Waals surface area contributed by atoms with Gasteiger partial charge in [-0.25, -0.2) is 0 Å². The first-order valence-corrected chi connectivity index (χ1v) is 7.88. The number of rotatable bonds is 5. The zero-order valence-corrected chi connectivity index (χ0v) is 13.0. The summed E-state index contributed by atoms with van der Waals surface area (Å²) >= 11 is 7.25. The number of hydrogen-bond donors (Lipinski definition) is 1. The first kappa shape index (κ1) is 14.7. The van der Waals surface area contributed by atoms with Crippen LogP contribution in [0.5, 0.6) is 0 Å². The van der Waals surface area contributed by atoms with E-state index in [1.165, 1.54) is 11.3 Å². The van der Waals surface area contributed by atoms with Gasteiger partial charge < -0.3 is 9.84 Å². The Bertz CT molecular complexity index is 753.